The van der Waals surface area contributed by atoms with E-state index in [0.717, 1.165) is 11.1 Å². The number of aliphatic hydroxyl groups excluding tert-OH is 1. The summed E-state index contributed by atoms with van der Waals surface area (Å²) in [4.78, 5) is 22.6. The molecule has 2 N–H and O–H groups in total. The highest BCUT2D eigenvalue weighted by Crippen LogP contribution is 2.36. The van der Waals surface area contributed by atoms with E-state index in [2.05, 4.69) is 9.97 Å². The highest BCUT2D eigenvalue weighted by Gasteiger charge is 2.41. The molecule has 2 aliphatic rings. The predicted molar refractivity (Wildman–Crippen MR) is 126 cm³/mol. The maximum atomic E-state index is 12.1. The van der Waals surface area contributed by atoms with Crippen LogP contribution in [-0.2, 0) is 14.3 Å². The second kappa shape index (κ2) is 9.28. The molecule has 0 amide bonds. The molecule has 5 rings (SSSR count). The fraction of sp³-hybridized carbons (Fsp3) is 0.364. The number of pyridine rings is 1. The van der Waals surface area contributed by atoms with Crippen molar-refractivity contribution in [2.24, 2.45) is 0 Å². The molecule has 10 nitrogen and oxygen atoms in total. The minimum atomic E-state index is -1.01. The first-order valence-electron chi connectivity index (χ1n) is 10.7. The summed E-state index contributed by atoms with van der Waals surface area (Å²) in [5, 5.41) is 21.7. The molecular formula is C22H22Cl2N5O5+. The van der Waals surface area contributed by atoms with Gasteiger partial charge in [-0.3, -0.25) is 0 Å². The van der Waals surface area contributed by atoms with Crippen molar-refractivity contribution >= 4 is 52.0 Å². The van der Waals surface area contributed by atoms with Crippen molar-refractivity contribution in [1.82, 2.24) is 14.5 Å². The number of rotatable bonds is 4. The van der Waals surface area contributed by atoms with Crippen LogP contribution in [0.1, 0.15) is 6.42 Å². The summed E-state index contributed by atoms with van der Waals surface area (Å²) in [6, 6.07) is 4.40. The van der Waals surface area contributed by atoms with Crippen LogP contribution in [0.5, 0.6) is 0 Å². The van der Waals surface area contributed by atoms with Crippen LogP contribution in [0.25, 0.3) is 16.6 Å². The first-order valence-corrected chi connectivity index (χ1v) is 11.5. The lowest BCUT2D eigenvalue weighted by Gasteiger charge is -2.24. The Kier molecular flexibility index (Phi) is 6.20. The van der Waals surface area contributed by atoms with Gasteiger partial charge in [0.15, 0.2) is 13.1 Å². The molecule has 1 aromatic carbocycles. The Bertz CT molecular complexity index is 1260. The van der Waals surface area contributed by atoms with E-state index in [1.165, 1.54) is 0 Å². The first-order chi connectivity index (χ1) is 16.4. The molecule has 2 atom stereocenters. The predicted octanol–water partition coefficient (Wildman–Crippen LogP) is 2.73. The van der Waals surface area contributed by atoms with E-state index in [4.69, 9.17) is 32.7 Å². The third-order valence-electron chi connectivity index (χ3n) is 6.02. The summed E-state index contributed by atoms with van der Waals surface area (Å²) in [6.45, 7) is 2.20. The summed E-state index contributed by atoms with van der Waals surface area (Å²) in [6.07, 6.45) is 4.47. The zero-order valence-electron chi connectivity index (χ0n) is 18.0. The molecule has 4 heterocycles. The van der Waals surface area contributed by atoms with Crippen molar-refractivity contribution in [1.29, 1.82) is 0 Å². The Morgan fingerprint density at radius 2 is 2.03 bits per heavy atom. The summed E-state index contributed by atoms with van der Waals surface area (Å²) in [5.74, 6) is -0.607. The lowest BCUT2D eigenvalue weighted by atomic mass is 10.1. The van der Waals surface area contributed by atoms with Crippen LogP contribution in [0.3, 0.4) is 0 Å². The second-order valence-electron chi connectivity index (χ2n) is 8.09. The Labute approximate surface area is 204 Å². The number of halogens is 2. The number of aliphatic carboxylic acids is 1. The molecule has 1 unspecified atom stereocenters. The van der Waals surface area contributed by atoms with Crippen molar-refractivity contribution in [2.75, 3.05) is 37.7 Å². The van der Waals surface area contributed by atoms with E-state index >= 15 is 0 Å². The molecule has 0 aliphatic carbocycles. The smallest absolute Gasteiger partial charge is 0.480 e. The summed E-state index contributed by atoms with van der Waals surface area (Å²) < 4.78 is 14.5. The molecule has 2 aromatic heterocycles. The largest absolute Gasteiger partial charge is 0.547 e. The number of anilines is 1. The standard InChI is InChI=1S/C22H21Cl2N5O5/c23-15-2-1-14-16(28-4-3-25-12-28)10-18(26-20(14)19(15)24)29-11-13(9-17(29)21(30)31)34-22(32)27-5-7-33-8-6-27/h1-4,10,12-13,17H,5-9,11H2,(H,30,31)/p+1/t13?,17-/m0/s1. The van der Waals surface area contributed by atoms with Crippen LogP contribution in [-0.4, -0.2) is 86.4 Å². The van der Waals surface area contributed by atoms with Crippen molar-refractivity contribution in [3.05, 3.63) is 47.0 Å². The zero-order chi connectivity index (χ0) is 23.8. The van der Waals surface area contributed by atoms with E-state index in [9.17, 15) is 15.0 Å². The SMILES string of the molecule is O=C(O)[C@@H]1CC(OC(O)=[N+]2CCOCC2)CN1c1cc(-n2ccnc2)c2ccc(Cl)c(Cl)c2n1. The third-order valence-corrected chi connectivity index (χ3v) is 6.81. The van der Waals surface area contributed by atoms with Gasteiger partial charge in [-0.15, -0.1) is 0 Å². The number of nitrogens with zero attached hydrogens (tertiary/aromatic N) is 5. The maximum absolute atomic E-state index is 12.1. The molecule has 3 aromatic rings. The van der Waals surface area contributed by atoms with Gasteiger partial charge in [0.05, 0.1) is 34.1 Å². The lowest BCUT2D eigenvalue weighted by molar-refractivity contribution is -0.565. The van der Waals surface area contributed by atoms with Gasteiger partial charge in [0, 0.05) is 30.3 Å². The zero-order valence-corrected chi connectivity index (χ0v) is 19.5. The number of ether oxygens (including phenoxy) is 2. The van der Waals surface area contributed by atoms with Crippen molar-refractivity contribution in [3.8, 4) is 5.69 Å². The van der Waals surface area contributed by atoms with Gasteiger partial charge in [0.25, 0.3) is 0 Å². The highest BCUT2D eigenvalue weighted by atomic mass is 35.5. The number of benzene rings is 1. The minimum absolute atomic E-state index is 0.174. The number of aromatic nitrogens is 3. The fourth-order valence-corrected chi connectivity index (χ4v) is 4.67. The average Bonchev–Trinajstić information content (AvgIpc) is 3.52. The molecule has 0 spiro atoms. The normalized spacial score (nSPS) is 20.6. The number of carboxylic acid groups (broad SMARTS) is 1. The van der Waals surface area contributed by atoms with Gasteiger partial charge in [-0.25, -0.2) is 14.8 Å². The molecule has 2 fully saturated rings. The van der Waals surface area contributed by atoms with E-state index < -0.39 is 18.1 Å². The van der Waals surface area contributed by atoms with Gasteiger partial charge < -0.3 is 29.2 Å². The minimum Gasteiger partial charge on any atom is -0.480 e. The van der Waals surface area contributed by atoms with Crippen LogP contribution in [0.15, 0.2) is 36.9 Å². The highest BCUT2D eigenvalue weighted by molar-refractivity contribution is 6.45. The number of aliphatic hydroxyl groups is 1. The summed E-state index contributed by atoms with van der Waals surface area (Å²) in [7, 11) is 0. The number of carbonyl (C=O) groups is 1. The Balaban J connectivity index is 1.53. The van der Waals surface area contributed by atoms with Gasteiger partial charge >= 0.3 is 12.1 Å². The Hall–Kier alpha value is -3.08. The molecule has 2 saturated heterocycles. The first kappa shape index (κ1) is 22.7. The number of hydrogen-bond donors (Lipinski definition) is 2. The van der Waals surface area contributed by atoms with Gasteiger partial charge in [0.1, 0.15) is 31.2 Å². The fourth-order valence-electron chi connectivity index (χ4n) is 4.31. The van der Waals surface area contributed by atoms with Gasteiger partial charge in [-0.2, -0.15) is 4.58 Å². The van der Waals surface area contributed by atoms with Crippen LogP contribution in [0.4, 0.5) is 5.82 Å². The van der Waals surface area contributed by atoms with Crippen LogP contribution in [0.2, 0.25) is 10.0 Å². The monoisotopic (exact) mass is 506 g/mol. The van der Waals surface area contributed by atoms with Gasteiger partial charge in [0.2, 0.25) is 0 Å². The number of imidazole rings is 1. The van der Waals surface area contributed by atoms with Crippen LogP contribution >= 0.6 is 23.2 Å². The molecule has 34 heavy (non-hydrogen) atoms. The van der Waals surface area contributed by atoms with Crippen molar-refractivity contribution in [3.63, 3.8) is 0 Å². The Morgan fingerprint density at radius 3 is 2.74 bits per heavy atom. The maximum Gasteiger partial charge on any atom is 0.547 e. The molecule has 2 aliphatic heterocycles. The van der Waals surface area contributed by atoms with E-state index in [1.807, 2.05) is 6.07 Å². The molecule has 178 valence electrons. The van der Waals surface area contributed by atoms with Gasteiger partial charge in [-0.05, 0) is 12.1 Å². The summed E-state index contributed by atoms with van der Waals surface area (Å²) in [5.41, 5.74) is 1.18. The number of fused-ring (bicyclic) bond motifs is 1. The van der Waals surface area contributed by atoms with Crippen LogP contribution < -0.4 is 4.90 Å². The number of hydrogen-bond acceptors (Lipinski definition) is 6. The Morgan fingerprint density at radius 1 is 1.24 bits per heavy atom. The van der Waals surface area contributed by atoms with E-state index in [0.29, 0.717) is 42.7 Å². The van der Waals surface area contributed by atoms with Crippen LogP contribution in [0, 0.1) is 0 Å². The molecule has 0 bridgehead atoms. The number of morpholine rings is 1. The third kappa shape index (κ3) is 4.24. The second-order valence-corrected chi connectivity index (χ2v) is 8.88. The lowest BCUT2D eigenvalue weighted by Crippen LogP contribution is -2.37. The van der Waals surface area contributed by atoms with Crippen molar-refractivity contribution in [2.45, 2.75) is 18.6 Å². The van der Waals surface area contributed by atoms with Gasteiger partial charge in [-0.1, -0.05) is 23.2 Å². The van der Waals surface area contributed by atoms with E-state index in [1.54, 1.807) is 44.9 Å². The molecule has 0 radical (unpaired) electrons. The average molecular weight is 507 g/mol. The quantitative estimate of drug-likeness (QED) is 0.410. The van der Waals surface area contributed by atoms with E-state index in [-0.39, 0.29) is 24.1 Å². The number of carboxylic acids is 1. The topological polar surface area (TPSA) is 113 Å². The van der Waals surface area contributed by atoms with Crippen molar-refractivity contribution < 1.29 is 29.1 Å². The molecule has 12 heteroatoms. The molecular weight excluding hydrogens is 485 g/mol. The molecule has 0 saturated carbocycles. The summed E-state index contributed by atoms with van der Waals surface area (Å²) >= 11 is 12.7.